The van der Waals surface area contributed by atoms with Crippen molar-refractivity contribution in [2.24, 2.45) is 0 Å². The van der Waals surface area contributed by atoms with Gasteiger partial charge in [0.1, 0.15) is 16.8 Å². The number of carbonyl (C=O) groups is 3. The minimum Gasteiger partial charge on any atom is -1.00 e. The van der Waals surface area contributed by atoms with Crippen LogP contribution in [0.25, 0.3) is 0 Å². The van der Waals surface area contributed by atoms with Crippen LogP contribution in [-0.4, -0.2) is 213 Å². The van der Waals surface area contributed by atoms with E-state index in [4.69, 9.17) is 21.1 Å². The Balaban J connectivity index is 0. The van der Waals surface area contributed by atoms with Gasteiger partial charge in [-0.05, 0) is 223 Å². The van der Waals surface area contributed by atoms with E-state index in [-0.39, 0.29) is 61.5 Å². The summed E-state index contributed by atoms with van der Waals surface area (Å²) in [6.45, 7) is 30.8. The molecule has 5 aliphatic rings. The number of hydrogen-bond donors (Lipinski definition) is 3. The normalized spacial score (nSPS) is 17.4. The van der Waals surface area contributed by atoms with Crippen molar-refractivity contribution in [3.8, 4) is 0 Å². The summed E-state index contributed by atoms with van der Waals surface area (Å²) in [6, 6.07) is 1.56. The molecule has 4 aromatic rings. The van der Waals surface area contributed by atoms with Crippen molar-refractivity contribution in [3.05, 3.63) is 80.6 Å². The molecule has 23 nitrogen and oxygen atoms in total. The number of likely N-dealkylation sites (tertiary alicyclic amines) is 4. The van der Waals surface area contributed by atoms with E-state index in [9.17, 15) is 36.7 Å². The van der Waals surface area contributed by atoms with Gasteiger partial charge in [0.15, 0.2) is 0 Å². The molecule has 89 heavy (non-hydrogen) atoms. The van der Waals surface area contributed by atoms with Crippen LogP contribution < -0.4 is 34.9 Å². The third-order valence-corrected chi connectivity index (χ3v) is 15.2. The molecule has 4 aromatic heterocycles. The van der Waals surface area contributed by atoms with E-state index in [0.717, 1.165) is 63.2 Å². The fraction of sp³-hybridized carbons (Fsp3) is 0.707. The molecule has 9 rings (SSSR count). The molecule has 5 fully saturated rings. The Labute approximate surface area is 588 Å². The number of rotatable bonds is 5. The van der Waals surface area contributed by atoms with E-state index in [2.05, 4.69) is 141 Å². The second-order valence-corrected chi connectivity index (χ2v) is 29.0. The molecule has 0 saturated carbocycles. The van der Waals surface area contributed by atoms with E-state index in [1.807, 2.05) is 85.6 Å². The number of alkyl halides is 2. The minimum absolute atomic E-state index is 0. The summed E-state index contributed by atoms with van der Waals surface area (Å²) in [7, 11) is -3.25. The van der Waals surface area contributed by atoms with Gasteiger partial charge in [0.2, 0.25) is 0 Å². The maximum atomic E-state index is 11.9. The molecule has 5 saturated heterocycles. The summed E-state index contributed by atoms with van der Waals surface area (Å²) in [5.41, 5.74) is -1.38. The Hall–Kier alpha value is -3.04. The summed E-state index contributed by atoms with van der Waals surface area (Å²) < 4.78 is 83.9. The van der Waals surface area contributed by atoms with Crippen molar-refractivity contribution in [1.29, 1.82) is 0 Å². The standard InChI is InChI=1S/C13H20BrN3O2.C11H21NO5S.C10H19NO3.C9H14BrN3.C8H12BrN3.C3H3BrN2.C2H4.2CH3F.Na.H/c1-13(2,3)19-12(18)16-6-4-11(5-7-16)17-9-10(14)8-15-17;1-11(2,3)16-10(13)12-7-5-9(6-8-12)17-18(4,14)15;1-10(2,3)14-9(13)11-6-4-8(12)5-7-11;1-12-4-2-9(3-5-12)13-7-8(10)6-11-13;9-7-5-11-12(6-7)8-1-3-10-4-2-8;4-3-1-5-6-2-3;3*1-2;;/h8-9,11H,4-7H2,1-3H3;9H,5-8H2,1-4H3;8,12H,4-7H2,1-3H3;6-7,9H,2-5H2,1H3;5-6,8,10H,1-4H2;1-2H,(H,5,6);1-2H2;2*1H3;;/q;;;;;;;;;+1;-1/i;;;;;;;2*1D;;. The molecule has 3 amide bonds. The Morgan fingerprint density at radius 3 is 1.18 bits per heavy atom. The molecular weight excluding hydrogens is 1450 g/mol. The zero-order valence-electron chi connectivity index (χ0n) is 57.2. The molecular formula is C58H100Br4F2N13NaO10S. The number of aliphatic hydroxyl groups is 1. The van der Waals surface area contributed by atoms with Crippen molar-refractivity contribution in [1.82, 2.24) is 64.5 Å². The predicted octanol–water partition coefficient (Wildman–Crippen LogP) is 9.70. The largest absolute Gasteiger partial charge is 1.00 e. The predicted molar refractivity (Wildman–Crippen MR) is 355 cm³/mol. The maximum Gasteiger partial charge on any atom is 1.00 e. The van der Waals surface area contributed by atoms with Crippen LogP contribution in [0.5, 0.6) is 0 Å². The van der Waals surface area contributed by atoms with Gasteiger partial charge in [0, 0.05) is 64.1 Å². The van der Waals surface area contributed by atoms with Crippen molar-refractivity contribution < 1.29 is 88.8 Å². The van der Waals surface area contributed by atoms with Crippen LogP contribution in [0.1, 0.15) is 149 Å². The molecule has 0 aliphatic carbocycles. The van der Waals surface area contributed by atoms with Gasteiger partial charge in [-0.2, -0.15) is 28.8 Å². The number of aromatic amines is 1. The van der Waals surface area contributed by atoms with E-state index in [1.54, 1.807) is 33.3 Å². The zero-order valence-corrected chi connectivity index (χ0v) is 63.4. The second kappa shape index (κ2) is 44.5. The number of nitrogens with zero attached hydrogens (tertiary/aromatic N) is 11. The molecule has 506 valence electrons. The fourth-order valence-electron chi connectivity index (χ4n) is 8.83. The fourth-order valence-corrected chi connectivity index (χ4v) is 10.6. The first-order valence-electron chi connectivity index (χ1n) is 30.4. The van der Waals surface area contributed by atoms with Gasteiger partial charge < -0.3 is 45.7 Å². The van der Waals surface area contributed by atoms with Crippen LogP contribution >= 0.6 is 63.7 Å². The average Bonchev–Trinajstić information content (AvgIpc) is 1.63. The molecule has 0 spiro atoms. The number of ether oxygens (including phenoxy) is 3. The van der Waals surface area contributed by atoms with Gasteiger partial charge in [-0.25, -0.2) is 14.4 Å². The first-order chi connectivity index (χ1) is 42.1. The summed E-state index contributed by atoms with van der Waals surface area (Å²) in [6.07, 6.45) is 23.6. The van der Waals surface area contributed by atoms with Crippen molar-refractivity contribution >= 4 is 92.1 Å². The van der Waals surface area contributed by atoms with Crippen LogP contribution in [0.15, 0.2) is 80.6 Å². The quantitative estimate of drug-likeness (QED) is 0.0728. The number of amides is 3. The summed E-state index contributed by atoms with van der Waals surface area (Å²) in [5, 5.41) is 31.8. The Bertz CT molecular complexity index is 2680. The van der Waals surface area contributed by atoms with Gasteiger partial charge in [-0.3, -0.25) is 32.1 Å². The van der Waals surface area contributed by atoms with E-state index >= 15 is 0 Å². The monoisotopic (exact) mass is 1550 g/mol. The molecule has 0 radical (unpaired) electrons. The molecule has 9 heterocycles. The van der Waals surface area contributed by atoms with Crippen LogP contribution in [0.2, 0.25) is 0 Å². The Kier molecular flexibility index (Phi) is 41.1. The van der Waals surface area contributed by atoms with E-state index in [1.165, 1.54) is 38.8 Å². The van der Waals surface area contributed by atoms with Gasteiger partial charge >= 0.3 is 47.8 Å². The number of aliphatic hydroxyl groups excluding tert-OH is 1. The minimum atomic E-state index is -3.42. The number of piperidine rings is 5. The van der Waals surface area contributed by atoms with Crippen LogP contribution in [0.3, 0.4) is 0 Å². The van der Waals surface area contributed by atoms with Gasteiger partial charge in [-0.1, -0.05) is 0 Å². The Morgan fingerprint density at radius 2 is 0.910 bits per heavy atom. The summed E-state index contributed by atoms with van der Waals surface area (Å²) in [4.78, 5) is 42.6. The number of halogens is 6. The summed E-state index contributed by atoms with van der Waals surface area (Å²) >= 11 is 13.4. The number of aromatic nitrogens is 8. The molecule has 3 N–H and O–H groups in total. The zero-order chi connectivity index (χ0) is 68.3. The third-order valence-electron chi connectivity index (χ3n) is 12.9. The molecule has 5 aliphatic heterocycles. The van der Waals surface area contributed by atoms with Crippen LogP contribution in [-0.2, 0) is 28.5 Å². The molecule has 31 heteroatoms. The first-order valence-corrected chi connectivity index (χ1v) is 34.0. The van der Waals surface area contributed by atoms with E-state index < -0.39 is 41.2 Å². The second-order valence-electron chi connectivity index (χ2n) is 23.7. The maximum absolute atomic E-state index is 11.9. The Morgan fingerprint density at radius 1 is 0.596 bits per heavy atom. The van der Waals surface area contributed by atoms with Gasteiger partial charge in [-0.15, -0.1) is 13.2 Å². The summed E-state index contributed by atoms with van der Waals surface area (Å²) in [5.74, 6) is 0. The first kappa shape index (κ1) is 82.1. The van der Waals surface area contributed by atoms with Crippen molar-refractivity contribution in [2.75, 3.05) is 93.1 Å². The van der Waals surface area contributed by atoms with Gasteiger partial charge in [0.05, 0.1) is 96.3 Å². The van der Waals surface area contributed by atoms with Gasteiger partial charge in [0.25, 0.3) is 10.1 Å². The average molecular weight is 1550 g/mol. The van der Waals surface area contributed by atoms with Crippen LogP contribution in [0, 0.1) is 0 Å². The number of hydrogen-bond acceptors (Lipinski definition) is 16. The smallest absolute Gasteiger partial charge is 1.00 e. The van der Waals surface area contributed by atoms with Crippen molar-refractivity contribution in [3.63, 3.8) is 0 Å². The van der Waals surface area contributed by atoms with Crippen LogP contribution in [0.4, 0.5) is 23.2 Å². The molecule has 0 unspecified atom stereocenters. The van der Waals surface area contributed by atoms with E-state index in [0.29, 0.717) is 70.0 Å². The number of carbonyl (C=O) groups excluding carboxylic acids is 3. The topological polar surface area (TPSA) is 250 Å². The molecule has 0 atom stereocenters. The molecule has 0 aromatic carbocycles. The van der Waals surface area contributed by atoms with Crippen molar-refractivity contribution in [2.45, 2.75) is 174 Å². The number of nitrogens with one attached hydrogen (secondary N) is 2. The molecule has 0 bridgehead atoms. The number of H-pyrrole nitrogens is 1. The SMILES string of the molecule is Brc1cn[nH]c1.Brc1cnn(C2CCNCC2)c1.C=C.CC(C)(C)OC(=O)N1CCC(O)CC1.CC(C)(C)OC(=O)N1CCC(OS(C)(=O)=O)CC1.CC(C)(C)OC(=O)N1CCC(n2cc(Br)cn2)CC1.CN1CCC(n2cc(Br)cn2)CC1.[2H]CF.[2H]CF.[H-].[Na+]. The third kappa shape index (κ3) is 38.7.